The van der Waals surface area contributed by atoms with Crippen molar-refractivity contribution in [2.24, 2.45) is 4.99 Å². The number of hydrogen-bond acceptors (Lipinski definition) is 1. The summed E-state index contributed by atoms with van der Waals surface area (Å²) in [7, 11) is 0. The maximum absolute atomic E-state index is 4.43. The second-order valence-electron chi connectivity index (χ2n) is 4.29. The summed E-state index contributed by atoms with van der Waals surface area (Å²) in [6.45, 7) is 0. The van der Waals surface area contributed by atoms with Gasteiger partial charge in [0.15, 0.2) is 0 Å². The summed E-state index contributed by atoms with van der Waals surface area (Å²) in [4.78, 5) is 7.78. The van der Waals surface area contributed by atoms with E-state index in [1.54, 1.807) is 0 Å². The van der Waals surface area contributed by atoms with Crippen LogP contribution < -0.4 is 0 Å². The van der Waals surface area contributed by atoms with Crippen molar-refractivity contribution in [3.8, 4) is 11.3 Å². The molecule has 0 bridgehead atoms. The van der Waals surface area contributed by atoms with Crippen LogP contribution >= 0.6 is 0 Å². The molecule has 0 saturated carbocycles. The van der Waals surface area contributed by atoms with Gasteiger partial charge in [-0.2, -0.15) is 0 Å². The molecule has 3 rings (SSSR count). The van der Waals surface area contributed by atoms with Gasteiger partial charge >= 0.3 is 0 Å². The van der Waals surface area contributed by atoms with E-state index in [-0.39, 0.29) is 0 Å². The van der Waals surface area contributed by atoms with Crippen LogP contribution in [0.3, 0.4) is 0 Å². The van der Waals surface area contributed by atoms with Crippen LogP contribution in [-0.2, 0) is 0 Å². The number of nitrogens with zero attached hydrogens (tertiary/aromatic N) is 1. The molecular formula is C17H14N2. The molecule has 0 amide bonds. The SMILES string of the molecule is C(=N\c1ccccc1)/c1ccc(-c2ccccc2)[nH]1. The Morgan fingerprint density at radius 1 is 0.737 bits per heavy atom. The molecule has 1 aromatic heterocycles. The minimum Gasteiger partial charge on any atom is -0.354 e. The predicted octanol–water partition coefficient (Wildman–Crippen LogP) is 4.43. The number of hydrogen-bond donors (Lipinski definition) is 1. The number of benzene rings is 2. The Hall–Kier alpha value is -2.61. The van der Waals surface area contributed by atoms with Crippen molar-refractivity contribution < 1.29 is 0 Å². The van der Waals surface area contributed by atoms with Crippen molar-refractivity contribution in [2.75, 3.05) is 0 Å². The van der Waals surface area contributed by atoms with Gasteiger partial charge in [0.2, 0.25) is 0 Å². The molecule has 1 N–H and O–H groups in total. The Kier molecular flexibility index (Phi) is 3.24. The number of nitrogens with one attached hydrogen (secondary N) is 1. The Morgan fingerprint density at radius 3 is 2.16 bits per heavy atom. The van der Waals surface area contributed by atoms with Crippen LogP contribution in [0.4, 0.5) is 5.69 Å². The number of aromatic nitrogens is 1. The van der Waals surface area contributed by atoms with E-state index in [1.807, 2.05) is 60.8 Å². The van der Waals surface area contributed by atoms with Crippen LogP contribution in [0.5, 0.6) is 0 Å². The highest BCUT2D eigenvalue weighted by molar-refractivity contribution is 5.81. The number of aromatic amines is 1. The maximum Gasteiger partial charge on any atom is 0.0630 e. The Bertz CT molecular complexity index is 667. The average molecular weight is 246 g/mol. The zero-order valence-corrected chi connectivity index (χ0v) is 10.5. The molecule has 1 heterocycles. The third kappa shape index (κ3) is 2.80. The number of aliphatic imine (C=N–C) groups is 1. The predicted molar refractivity (Wildman–Crippen MR) is 79.9 cm³/mol. The van der Waals surface area contributed by atoms with Crippen LogP contribution in [0.2, 0.25) is 0 Å². The Labute approximate surface area is 112 Å². The Morgan fingerprint density at radius 2 is 1.42 bits per heavy atom. The quantitative estimate of drug-likeness (QED) is 0.662. The third-order valence-electron chi connectivity index (χ3n) is 2.90. The fraction of sp³-hybridized carbons (Fsp3) is 0. The third-order valence-corrected chi connectivity index (χ3v) is 2.90. The van der Waals surface area contributed by atoms with Crippen LogP contribution in [0.25, 0.3) is 11.3 Å². The maximum atomic E-state index is 4.43. The van der Waals surface area contributed by atoms with Crippen LogP contribution in [-0.4, -0.2) is 11.2 Å². The fourth-order valence-electron chi connectivity index (χ4n) is 1.93. The van der Waals surface area contributed by atoms with Crippen molar-refractivity contribution in [3.63, 3.8) is 0 Å². The molecule has 0 unspecified atom stereocenters. The van der Waals surface area contributed by atoms with Crippen molar-refractivity contribution in [3.05, 3.63) is 78.5 Å². The van der Waals surface area contributed by atoms with Gasteiger partial charge < -0.3 is 4.98 Å². The van der Waals surface area contributed by atoms with Crippen molar-refractivity contribution >= 4 is 11.9 Å². The number of H-pyrrole nitrogens is 1. The molecule has 0 saturated heterocycles. The largest absolute Gasteiger partial charge is 0.354 e. The van der Waals surface area contributed by atoms with Gasteiger partial charge in [0.25, 0.3) is 0 Å². The monoisotopic (exact) mass is 246 g/mol. The summed E-state index contributed by atoms with van der Waals surface area (Å²) < 4.78 is 0. The van der Waals surface area contributed by atoms with Gasteiger partial charge in [-0.15, -0.1) is 0 Å². The smallest absolute Gasteiger partial charge is 0.0630 e. The van der Waals surface area contributed by atoms with E-state index in [4.69, 9.17) is 0 Å². The summed E-state index contributed by atoms with van der Waals surface area (Å²) in [6.07, 6.45) is 1.85. The highest BCUT2D eigenvalue weighted by Gasteiger charge is 1.98. The highest BCUT2D eigenvalue weighted by Crippen LogP contribution is 2.17. The Balaban J connectivity index is 1.81. The van der Waals surface area contributed by atoms with Gasteiger partial charge in [0.1, 0.15) is 0 Å². The molecule has 0 atom stereocenters. The minimum atomic E-state index is 0.957. The molecule has 0 aliphatic carbocycles. The van der Waals surface area contributed by atoms with Gasteiger partial charge in [-0.1, -0.05) is 48.5 Å². The highest BCUT2D eigenvalue weighted by atomic mass is 14.8. The minimum absolute atomic E-state index is 0.957. The molecule has 0 spiro atoms. The second kappa shape index (κ2) is 5.36. The molecule has 0 aliphatic rings. The fourth-order valence-corrected chi connectivity index (χ4v) is 1.93. The molecule has 0 aliphatic heterocycles. The standard InChI is InChI=1S/C17H14N2/c1-3-7-14(8-4-1)17-12-11-16(19-17)13-18-15-9-5-2-6-10-15/h1-13,19H/b18-13+. The van der Waals surface area contributed by atoms with Crippen molar-refractivity contribution in [1.29, 1.82) is 0 Å². The summed E-state index contributed by atoms with van der Waals surface area (Å²) in [5, 5.41) is 0. The zero-order chi connectivity index (χ0) is 12.9. The summed E-state index contributed by atoms with van der Waals surface area (Å²) in [5.74, 6) is 0. The topological polar surface area (TPSA) is 28.1 Å². The molecular weight excluding hydrogens is 232 g/mol. The van der Waals surface area contributed by atoms with Crippen LogP contribution in [0.15, 0.2) is 77.8 Å². The summed E-state index contributed by atoms with van der Waals surface area (Å²) in [6, 6.07) is 24.3. The number of rotatable bonds is 3. The lowest BCUT2D eigenvalue weighted by Gasteiger charge is -1.96. The van der Waals surface area contributed by atoms with E-state index < -0.39 is 0 Å². The van der Waals surface area contributed by atoms with Crippen LogP contribution in [0.1, 0.15) is 5.69 Å². The van der Waals surface area contributed by atoms with Gasteiger partial charge in [-0.05, 0) is 29.8 Å². The average Bonchev–Trinajstić information content (AvgIpc) is 2.96. The van der Waals surface area contributed by atoms with E-state index >= 15 is 0 Å². The first-order valence-corrected chi connectivity index (χ1v) is 6.25. The molecule has 19 heavy (non-hydrogen) atoms. The lowest BCUT2D eigenvalue weighted by Crippen LogP contribution is -1.81. The van der Waals surface area contributed by atoms with E-state index in [2.05, 4.69) is 28.2 Å². The molecule has 0 radical (unpaired) electrons. The molecule has 2 heteroatoms. The molecule has 2 nitrogen and oxygen atoms in total. The van der Waals surface area contributed by atoms with Gasteiger partial charge in [0, 0.05) is 5.69 Å². The van der Waals surface area contributed by atoms with E-state index in [0.29, 0.717) is 0 Å². The first-order valence-electron chi connectivity index (χ1n) is 6.25. The summed E-state index contributed by atoms with van der Waals surface area (Å²) in [5.41, 5.74) is 4.25. The normalized spacial score (nSPS) is 10.9. The zero-order valence-electron chi connectivity index (χ0n) is 10.5. The van der Waals surface area contributed by atoms with Gasteiger partial charge in [-0.3, -0.25) is 4.99 Å². The van der Waals surface area contributed by atoms with Crippen molar-refractivity contribution in [1.82, 2.24) is 4.98 Å². The van der Waals surface area contributed by atoms with Crippen LogP contribution in [0, 0.1) is 0 Å². The first-order chi connectivity index (χ1) is 9.42. The second-order valence-corrected chi connectivity index (χ2v) is 4.29. The van der Waals surface area contributed by atoms with E-state index in [9.17, 15) is 0 Å². The molecule has 0 fully saturated rings. The van der Waals surface area contributed by atoms with E-state index in [0.717, 1.165) is 17.1 Å². The lowest BCUT2D eigenvalue weighted by molar-refractivity contribution is 1.37. The molecule has 92 valence electrons. The number of para-hydroxylation sites is 1. The summed E-state index contributed by atoms with van der Waals surface area (Å²) >= 11 is 0. The lowest BCUT2D eigenvalue weighted by atomic mass is 10.2. The first kappa shape index (κ1) is 11.5. The van der Waals surface area contributed by atoms with E-state index in [1.165, 1.54) is 5.56 Å². The van der Waals surface area contributed by atoms with Gasteiger partial charge in [-0.25, -0.2) is 0 Å². The molecule has 2 aromatic carbocycles. The van der Waals surface area contributed by atoms with Crippen molar-refractivity contribution in [2.45, 2.75) is 0 Å². The van der Waals surface area contributed by atoms with Gasteiger partial charge in [0.05, 0.1) is 17.6 Å². The molecule has 3 aromatic rings.